The van der Waals surface area contributed by atoms with Crippen LogP contribution in [0.2, 0.25) is 0 Å². The van der Waals surface area contributed by atoms with Crippen molar-refractivity contribution in [3.05, 3.63) is 35.9 Å². The number of aromatic nitrogens is 1. The van der Waals surface area contributed by atoms with E-state index in [-0.39, 0.29) is 0 Å². The molecule has 0 aliphatic heterocycles. The molecular formula is C10H7NO. The minimum absolute atomic E-state index is 0.887. The predicted octanol–water partition coefficient (Wildman–Crippen LogP) is 2.40. The molecule has 1 aliphatic rings. The van der Waals surface area contributed by atoms with E-state index in [0.717, 1.165) is 17.7 Å². The average molecular weight is 157 g/mol. The maximum atomic E-state index is 5.25. The van der Waals surface area contributed by atoms with Gasteiger partial charge in [0.05, 0.1) is 18.2 Å². The first-order valence-corrected chi connectivity index (χ1v) is 3.97. The third-order valence-corrected chi connectivity index (χ3v) is 2.25. The van der Waals surface area contributed by atoms with Crippen molar-refractivity contribution in [1.29, 1.82) is 0 Å². The highest BCUT2D eigenvalue weighted by Gasteiger charge is 2.11. The third-order valence-electron chi connectivity index (χ3n) is 2.25. The molecule has 0 radical (unpaired) electrons. The molecule has 0 saturated heterocycles. The molecule has 0 saturated carbocycles. The van der Waals surface area contributed by atoms with E-state index < -0.39 is 0 Å². The quantitative estimate of drug-likeness (QED) is 0.586. The number of pyridine rings is 1. The molecule has 12 heavy (non-hydrogen) atoms. The molecule has 1 aliphatic carbocycles. The maximum absolute atomic E-state index is 5.25. The Morgan fingerprint density at radius 3 is 3.42 bits per heavy atom. The minimum atomic E-state index is 0.887. The molecule has 2 heterocycles. The van der Waals surface area contributed by atoms with Crippen LogP contribution in [0.4, 0.5) is 0 Å². The van der Waals surface area contributed by atoms with Crippen LogP contribution in [0.3, 0.4) is 0 Å². The lowest BCUT2D eigenvalue weighted by molar-refractivity contribution is 0.614. The molecule has 3 rings (SSSR count). The number of hydrogen-bond acceptors (Lipinski definition) is 2. The summed E-state index contributed by atoms with van der Waals surface area (Å²) in [6.07, 6.45) is 8.67. The van der Waals surface area contributed by atoms with Crippen LogP contribution >= 0.6 is 0 Å². The maximum Gasteiger partial charge on any atom is 0.152 e. The van der Waals surface area contributed by atoms with Crippen molar-refractivity contribution < 1.29 is 4.42 Å². The summed E-state index contributed by atoms with van der Waals surface area (Å²) in [5.74, 6) is 0. The van der Waals surface area contributed by atoms with Crippen molar-refractivity contribution in [3.63, 3.8) is 0 Å². The molecule has 0 amide bonds. The zero-order valence-electron chi connectivity index (χ0n) is 6.45. The fourth-order valence-corrected chi connectivity index (χ4v) is 1.66. The Labute approximate surface area is 69.5 Å². The summed E-state index contributed by atoms with van der Waals surface area (Å²) >= 11 is 0. The van der Waals surface area contributed by atoms with Crippen LogP contribution in [0.1, 0.15) is 11.3 Å². The number of hydrogen-bond donors (Lipinski definition) is 0. The largest absolute Gasteiger partial charge is 0.463 e. The van der Waals surface area contributed by atoms with Gasteiger partial charge in [0, 0.05) is 5.39 Å². The van der Waals surface area contributed by atoms with Gasteiger partial charge in [-0.15, -0.1) is 0 Å². The second kappa shape index (κ2) is 1.97. The summed E-state index contributed by atoms with van der Waals surface area (Å²) in [5, 5.41) is 1.20. The Hall–Kier alpha value is -1.57. The number of furan rings is 1. The average Bonchev–Trinajstić information content (AvgIpc) is 2.71. The summed E-state index contributed by atoms with van der Waals surface area (Å²) in [7, 11) is 0. The van der Waals surface area contributed by atoms with Crippen molar-refractivity contribution in [2.45, 2.75) is 6.42 Å². The van der Waals surface area contributed by atoms with E-state index in [1.807, 2.05) is 6.07 Å². The minimum Gasteiger partial charge on any atom is -0.463 e. The number of allylic oxidation sites excluding steroid dienone is 1. The molecule has 0 atom stereocenters. The van der Waals surface area contributed by atoms with Crippen LogP contribution in [0, 0.1) is 0 Å². The van der Waals surface area contributed by atoms with Crippen LogP contribution in [-0.4, -0.2) is 4.98 Å². The van der Waals surface area contributed by atoms with Crippen LogP contribution in [0.15, 0.2) is 29.0 Å². The highest BCUT2D eigenvalue weighted by molar-refractivity contribution is 5.84. The normalized spacial score (nSPS) is 14.0. The lowest BCUT2D eigenvalue weighted by Crippen LogP contribution is -1.85. The molecular weight excluding hydrogens is 150 g/mol. The van der Waals surface area contributed by atoms with E-state index in [4.69, 9.17) is 4.42 Å². The lowest BCUT2D eigenvalue weighted by Gasteiger charge is -1.97. The summed E-state index contributed by atoms with van der Waals surface area (Å²) in [5.41, 5.74) is 3.27. The Kier molecular flexibility index (Phi) is 0.987. The molecule has 0 bridgehead atoms. The zero-order chi connectivity index (χ0) is 7.97. The van der Waals surface area contributed by atoms with Gasteiger partial charge in [-0.2, -0.15) is 0 Å². The van der Waals surface area contributed by atoms with Gasteiger partial charge in [-0.25, -0.2) is 0 Å². The van der Waals surface area contributed by atoms with E-state index in [0.29, 0.717) is 0 Å². The molecule has 2 nitrogen and oxygen atoms in total. The van der Waals surface area contributed by atoms with Crippen molar-refractivity contribution in [1.82, 2.24) is 4.98 Å². The highest BCUT2D eigenvalue weighted by Crippen LogP contribution is 2.26. The lowest BCUT2D eigenvalue weighted by atomic mass is 10.1. The second-order valence-electron chi connectivity index (χ2n) is 2.93. The molecule has 0 N–H and O–H groups in total. The molecule has 58 valence electrons. The molecule has 2 aromatic heterocycles. The molecule has 0 aromatic carbocycles. The summed E-state index contributed by atoms with van der Waals surface area (Å²) in [6.45, 7) is 0. The first-order chi connectivity index (χ1) is 5.95. The van der Waals surface area contributed by atoms with Gasteiger partial charge in [-0.1, -0.05) is 6.08 Å². The van der Waals surface area contributed by atoms with Gasteiger partial charge in [0.1, 0.15) is 0 Å². The van der Waals surface area contributed by atoms with Gasteiger partial charge in [0.15, 0.2) is 5.58 Å². The summed E-state index contributed by atoms with van der Waals surface area (Å²) in [4.78, 5) is 4.28. The fraction of sp³-hybridized carbons (Fsp3) is 0.100. The molecule has 2 heteroatoms. The standard InChI is InChI=1S/C10H7NO/c1-2-7-8-4-5-12-10(8)6-11-9(7)3-1/h1,3-6H,2H2. The van der Waals surface area contributed by atoms with Gasteiger partial charge < -0.3 is 4.42 Å². The van der Waals surface area contributed by atoms with Gasteiger partial charge in [0.2, 0.25) is 0 Å². The molecule has 0 fully saturated rings. The van der Waals surface area contributed by atoms with E-state index in [1.165, 1.54) is 10.9 Å². The predicted molar refractivity (Wildman–Crippen MR) is 46.7 cm³/mol. The topological polar surface area (TPSA) is 26.0 Å². The number of nitrogens with zero attached hydrogens (tertiary/aromatic N) is 1. The number of fused-ring (bicyclic) bond motifs is 3. The van der Waals surface area contributed by atoms with Gasteiger partial charge >= 0.3 is 0 Å². The van der Waals surface area contributed by atoms with Crippen LogP contribution < -0.4 is 0 Å². The van der Waals surface area contributed by atoms with Crippen LogP contribution in [-0.2, 0) is 6.42 Å². The highest BCUT2D eigenvalue weighted by atomic mass is 16.3. The first-order valence-electron chi connectivity index (χ1n) is 3.97. The van der Waals surface area contributed by atoms with Crippen molar-refractivity contribution in [2.75, 3.05) is 0 Å². The first kappa shape index (κ1) is 6.00. The second-order valence-corrected chi connectivity index (χ2v) is 2.93. The zero-order valence-corrected chi connectivity index (χ0v) is 6.45. The van der Waals surface area contributed by atoms with Crippen molar-refractivity contribution in [2.24, 2.45) is 0 Å². The SMILES string of the molecule is C1=Cc2ncc3occc3c2C1. The van der Waals surface area contributed by atoms with E-state index in [1.54, 1.807) is 12.5 Å². The summed E-state index contributed by atoms with van der Waals surface area (Å²) in [6, 6.07) is 2.00. The Morgan fingerprint density at radius 2 is 2.42 bits per heavy atom. The Bertz CT molecular complexity index is 468. The van der Waals surface area contributed by atoms with Gasteiger partial charge in [0.25, 0.3) is 0 Å². The smallest absolute Gasteiger partial charge is 0.152 e. The van der Waals surface area contributed by atoms with E-state index in [2.05, 4.69) is 17.1 Å². The Balaban J connectivity index is 2.49. The van der Waals surface area contributed by atoms with E-state index >= 15 is 0 Å². The Morgan fingerprint density at radius 1 is 1.42 bits per heavy atom. The molecule has 0 unspecified atom stereocenters. The monoisotopic (exact) mass is 157 g/mol. The van der Waals surface area contributed by atoms with Gasteiger partial charge in [-0.05, 0) is 24.1 Å². The summed E-state index contributed by atoms with van der Waals surface area (Å²) < 4.78 is 5.25. The van der Waals surface area contributed by atoms with Gasteiger partial charge in [-0.3, -0.25) is 4.98 Å². The third kappa shape index (κ3) is 0.619. The van der Waals surface area contributed by atoms with Crippen LogP contribution in [0.25, 0.3) is 17.0 Å². The molecule has 2 aromatic rings. The fourth-order valence-electron chi connectivity index (χ4n) is 1.66. The van der Waals surface area contributed by atoms with Crippen molar-refractivity contribution >= 4 is 17.0 Å². The van der Waals surface area contributed by atoms with Crippen molar-refractivity contribution in [3.8, 4) is 0 Å². The van der Waals surface area contributed by atoms with Crippen LogP contribution in [0.5, 0.6) is 0 Å². The van der Waals surface area contributed by atoms with E-state index in [9.17, 15) is 0 Å². The molecule has 0 spiro atoms. The number of rotatable bonds is 0.